The number of anilines is 1. The van der Waals surface area contributed by atoms with E-state index in [1.54, 1.807) is 18.3 Å². The maximum Gasteiger partial charge on any atom is 0.416 e. The van der Waals surface area contributed by atoms with Crippen LogP contribution in [-0.4, -0.2) is 40.8 Å². The first-order valence-electron chi connectivity index (χ1n) is 10.1. The minimum absolute atomic E-state index is 0.0813. The van der Waals surface area contributed by atoms with Gasteiger partial charge >= 0.3 is 16.5 Å². The van der Waals surface area contributed by atoms with Crippen LogP contribution in [0.2, 0.25) is 0 Å². The third-order valence-electron chi connectivity index (χ3n) is 5.75. The molecule has 9 nitrogen and oxygen atoms in total. The van der Waals surface area contributed by atoms with Crippen molar-refractivity contribution < 1.29 is 30.9 Å². The van der Waals surface area contributed by atoms with Gasteiger partial charge in [-0.15, -0.1) is 0 Å². The summed E-state index contributed by atoms with van der Waals surface area (Å²) < 4.78 is 68.3. The molecule has 1 fully saturated rings. The topological polar surface area (TPSA) is 132 Å². The van der Waals surface area contributed by atoms with E-state index in [9.17, 15) is 26.7 Å². The van der Waals surface area contributed by atoms with Gasteiger partial charge in [-0.1, -0.05) is 18.2 Å². The van der Waals surface area contributed by atoms with Crippen molar-refractivity contribution in [1.82, 2.24) is 14.5 Å². The zero-order valence-electron chi connectivity index (χ0n) is 17.2. The summed E-state index contributed by atoms with van der Waals surface area (Å²) in [6, 6.07) is 6.88. The van der Waals surface area contributed by atoms with Crippen LogP contribution in [0.5, 0.6) is 0 Å². The van der Waals surface area contributed by atoms with E-state index in [-0.39, 0.29) is 24.8 Å². The summed E-state index contributed by atoms with van der Waals surface area (Å²) in [7, 11) is -4.11. The normalized spacial score (nSPS) is 21.5. The molecule has 178 valence electrons. The van der Waals surface area contributed by atoms with Crippen LogP contribution in [0.3, 0.4) is 0 Å². The molecule has 0 unspecified atom stereocenters. The number of hydrogen-bond donors (Lipinski definition) is 3. The molecule has 1 saturated carbocycles. The van der Waals surface area contributed by atoms with Crippen molar-refractivity contribution >= 4 is 27.2 Å². The highest BCUT2D eigenvalue weighted by Gasteiger charge is 2.36. The van der Waals surface area contributed by atoms with E-state index < -0.39 is 34.1 Å². The van der Waals surface area contributed by atoms with E-state index in [0.29, 0.717) is 29.7 Å². The van der Waals surface area contributed by atoms with Gasteiger partial charge in [0.05, 0.1) is 23.7 Å². The number of aliphatic hydroxyl groups excluding tert-OH is 1. The molecule has 0 amide bonds. The molecule has 3 atom stereocenters. The van der Waals surface area contributed by atoms with Crippen LogP contribution in [-0.2, 0) is 27.2 Å². The largest absolute Gasteiger partial charge is 0.416 e. The van der Waals surface area contributed by atoms with E-state index in [2.05, 4.69) is 19.5 Å². The lowest BCUT2D eigenvalue weighted by Crippen LogP contribution is -2.24. The van der Waals surface area contributed by atoms with Gasteiger partial charge in [-0.3, -0.25) is 4.18 Å². The summed E-state index contributed by atoms with van der Waals surface area (Å²) in [6.45, 7) is -0.307. The van der Waals surface area contributed by atoms with E-state index in [4.69, 9.17) is 5.14 Å². The van der Waals surface area contributed by atoms with Gasteiger partial charge in [0.15, 0.2) is 0 Å². The Kier molecular flexibility index (Phi) is 6.31. The Morgan fingerprint density at radius 3 is 2.70 bits per heavy atom. The van der Waals surface area contributed by atoms with E-state index in [1.165, 1.54) is 18.5 Å². The van der Waals surface area contributed by atoms with E-state index in [1.807, 2.05) is 4.57 Å². The third-order valence-corrected chi connectivity index (χ3v) is 6.22. The standard InChI is InChI=1S/C20H22F3N5O4S/c21-20(22,23)16-4-2-1-3-12(16)9-25-18-15-5-6-28(19(15)27-11-26-18)14-7-13(17(29)8-14)10-32-33(24,30)31/h1-6,11,13-14,17,29H,7-10H2,(H2,24,30,31)(H,25,26,27)/t13-,14+,17-/m0/s1. The number of benzene rings is 1. The summed E-state index contributed by atoms with van der Waals surface area (Å²) in [5.41, 5.74) is -0.0808. The molecule has 0 saturated heterocycles. The Morgan fingerprint density at radius 2 is 1.97 bits per heavy atom. The zero-order valence-corrected chi connectivity index (χ0v) is 18.1. The van der Waals surface area contributed by atoms with Crippen molar-refractivity contribution in [3.05, 3.63) is 54.0 Å². The van der Waals surface area contributed by atoms with Crippen LogP contribution < -0.4 is 10.5 Å². The molecular formula is C20H22F3N5O4S. The summed E-state index contributed by atoms with van der Waals surface area (Å²) in [5.74, 6) is -0.0486. The van der Waals surface area contributed by atoms with Crippen molar-refractivity contribution in [3.63, 3.8) is 0 Å². The number of nitrogens with one attached hydrogen (secondary N) is 1. The first-order chi connectivity index (χ1) is 15.5. The molecule has 0 aliphatic heterocycles. The van der Waals surface area contributed by atoms with Crippen LogP contribution in [0.15, 0.2) is 42.9 Å². The maximum absolute atomic E-state index is 13.3. The predicted molar refractivity (Wildman–Crippen MR) is 113 cm³/mol. The van der Waals surface area contributed by atoms with Gasteiger partial charge < -0.3 is 15.0 Å². The fraction of sp³-hybridized carbons (Fsp3) is 0.400. The fourth-order valence-electron chi connectivity index (χ4n) is 4.20. The van der Waals surface area contributed by atoms with Crippen LogP contribution in [0.1, 0.15) is 30.0 Å². The highest BCUT2D eigenvalue weighted by molar-refractivity contribution is 7.84. The quantitative estimate of drug-likeness (QED) is 0.469. The van der Waals surface area contributed by atoms with Crippen LogP contribution in [0.25, 0.3) is 11.0 Å². The first kappa shape index (κ1) is 23.4. The number of nitrogens with zero attached hydrogens (tertiary/aromatic N) is 3. The summed E-state index contributed by atoms with van der Waals surface area (Å²) in [4.78, 5) is 8.47. The Balaban J connectivity index is 1.52. The van der Waals surface area contributed by atoms with Crippen molar-refractivity contribution in [2.24, 2.45) is 11.1 Å². The van der Waals surface area contributed by atoms with Gasteiger partial charge in [-0.05, 0) is 30.5 Å². The van der Waals surface area contributed by atoms with Crippen molar-refractivity contribution in [2.45, 2.75) is 37.7 Å². The maximum atomic E-state index is 13.3. The molecule has 1 aliphatic carbocycles. The number of rotatable bonds is 7. The molecule has 4 N–H and O–H groups in total. The number of aliphatic hydroxyl groups is 1. The average Bonchev–Trinajstić information content (AvgIpc) is 3.33. The van der Waals surface area contributed by atoms with Crippen molar-refractivity contribution in [1.29, 1.82) is 0 Å². The van der Waals surface area contributed by atoms with Crippen LogP contribution >= 0.6 is 0 Å². The van der Waals surface area contributed by atoms with Crippen molar-refractivity contribution in [2.75, 3.05) is 11.9 Å². The molecule has 1 aromatic carbocycles. The minimum atomic E-state index is -4.46. The van der Waals surface area contributed by atoms with Crippen LogP contribution in [0, 0.1) is 5.92 Å². The molecule has 0 bridgehead atoms. The molecular weight excluding hydrogens is 463 g/mol. The molecule has 2 heterocycles. The number of halogens is 3. The zero-order chi connectivity index (χ0) is 23.8. The highest BCUT2D eigenvalue weighted by Crippen LogP contribution is 2.38. The van der Waals surface area contributed by atoms with Gasteiger partial charge in [0, 0.05) is 24.7 Å². The number of hydrogen-bond acceptors (Lipinski definition) is 7. The number of aromatic nitrogens is 3. The van der Waals surface area contributed by atoms with Gasteiger partial charge in [-0.25, -0.2) is 15.1 Å². The lowest BCUT2D eigenvalue weighted by molar-refractivity contribution is -0.138. The number of nitrogens with two attached hydrogens (primary N) is 1. The molecule has 4 rings (SSSR count). The van der Waals surface area contributed by atoms with Crippen LogP contribution in [0.4, 0.5) is 19.0 Å². The smallest absolute Gasteiger partial charge is 0.393 e. The minimum Gasteiger partial charge on any atom is -0.393 e. The highest BCUT2D eigenvalue weighted by atomic mass is 32.2. The Hall–Kier alpha value is -2.74. The van der Waals surface area contributed by atoms with E-state index >= 15 is 0 Å². The Labute approximate surface area is 187 Å². The predicted octanol–water partition coefficient (Wildman–Crippen LogP) is 2.59. The monoisotopic (exact) mass is 485 g/mol. The Morgan fingerprint density at radius 1 is 1.21 bits per heavy atom. The summed E-state index contributed by atoms with van der Waals surface area (Å²) >= 11 is 0. The second kappa shape index (κ2) is 8.89. The number of fused-ring (bicyclic) bond motifs is 1. The summed E-state index contributed by atoms with van der Waals surface area (Å²) in [5, 5.41) is 18.7. The third kappa shape index (κ3) is 5.27. The Bertz CT molecular complexity index is 1250. The average molecular weight is 485 g/mol. The second-order valence-electron chi connectivity index (χ2n) is 7.92. The molecule has 33 heavy (non-hydrogen) atoms. The lowest BCUT2D eigenvalue weighted by atomic mass is 10.1. The van der Waals surface area contributed by atoms with Crippen molar-refractivity contribution in [3.8, 4) is 0 Å². The van der Waals surface area contributed by atoms with Gasteiger partial charge in [0.25, 0.3) is 0 Å². The summed E-state index contributed by atoms with van der Waals surface area (Å²) in [6.07, 6.45) is -1.39. The molecule has 3 aromatic rings. The lowest BCUT2D eigenvalue weighted by Gasteiger charge is -2.15. The number of alkyl halides is 3. The van der Waals surface area contributed by atoms with Gasteiger partial charge in [-0.2, -0.15) is 21.6 Å². The molecule has 0 radical (unpaired) electrons. The first-order valence-corrected chi connectivity index (χ1v) is 11.6. The SMILES string of the molecule is NS(=O)(=O)OC[C@@H]1C[C@@H](n2ccc3c(NCc4ccccc4C(F)(F)F)ncnc32)C[C@@H]1O. The van der Waals surface area contributed by atoms with Gasteiger partial charge in [0.2, 0.25) is 0 Å². The molecule has 2 aromatic heterocycles. The molecule has 1 aliphatic rings. The van der Waals surface area contributed by atoms with E-state index in [0.717, 1.165) is 6.07 Å². The second-order valence-corrected chi connectivity index (χ2v) is 9.14. The van der Waals surface area contributed by atoms with Gasteiger partial charge in [0.1, 0.15) is 17.8 Å². The fourth-order valence-corrected chi connectivity index (χ4v) is 4.56. The molecule has 13 heteroatoms. The molecule has 0 spiro atoms.